The number of hydrogen-bond donors (Lipinski definition) is 0. The van der Waals surface area contributed by atoms with E-state index in [2.05, 4.69) is 18.2 Å². The molecule has 0 unspecified atom stereocenters. The molecule has 9 heteroatoms. The second-order valence-corrected chi connectivity index (χ2v) is 12.5. The third-order valence-electron chi connectivity index (χ3n) is 8.39. The lowest BCUT2D eigenvalue weighted by molar-refractivity contribution is 0.284. The lowest BCUT2D eigenvalue weighted by Crippen LogP contribution is -2.38. The first-order valence-electron chi connectivity index (χ1n) is 14.9. The van der Waals surface area contributed by atoms with Crippen molar-refractivity contribution in [3.05, 3.63) is 143 Å². The second-order valence-electron chi connectivity index (χ2n) is 11.1. The number of nitrogens with zero attached hydrogens (tertiary/aromatic N) is 2. The fourth-order valence-electron chi connectivity index (χ4n) is 6.13. The first-order chi connectivity index (χ1) is 22.5. The predicted octanol–water partition coefficient (Wildman–Crippen LogP) is 6.58. The van der Waals surface area contributed by atoms with Gasteiger partial charge in [-0.1, -0.05) is 71.5 Å². The third-order valence-corrected chi connectivity index (χ3v) is 9.62. The second kappa shape index (κ2) is 12.5. The van der Waals surface area contributed by atoms with Gasteiger partial charge in [0.2, 0.25) is 0 Å². The molecule has 7 nitrogen and oxygen atoms in total. The third kappa shape index (κ3) is 5.48. The largest absolute Gasteiger partial charge is 0.493 e. The summed E-state index contributed by atoms with van der Waals surface area (Å²) in [6, 6.07) is 27.1. The maximum atomic E-state index is 14.2. The average molecular weight is 651 g/mol. The first-order valence-corrected chi connectivity index (χ1v) is 16.1. The van der Waals surface area contributed by atoms with Crippen molar-refractivity contribution in [2.24, 2.45) is 4.99 Å². The van der Waals surface area contributed by atoms with E-state index in [9.17, 15) is 4.79 Å². The van der Waals surface area contributed by atoms with Crippen LogP contribution in [0.15, 0.2) is 100 Å². The minimum atomic E-state index is -0.334. The van der Waals surface area contributed by atoms with Crippen molar-refractivity contribution in [2.75, 3.05) is 21.3 Å². The number of ether oxygens (including phenoxy) is 4. The summed E-state index contributed by atoms with van der Waals surface area (Å²) in [5, 5.41) is 0.677. The zero-order valence-corrected chi connectivity index (χ0v) is 27.2. The summed E-state index contributed by atoms with van der Waals surface area (Å²) in [5.74, 6) is 2.43. The molecule has 4 aromatic carbocycles. The normalized spacial score (nSPS) is 15.4. The molecule has 7 rings (SSSR count). The molecule has 0 fully saturated rings. The highest BCUT2D eigenvalue weighted by molar-refractivity contribution is 7.07. The van der Waals surface area contributed by atoms with Crippen LogP contribution in [-0.4, -0.2) is 25.9 Å². The van der Waals surface area contributed by atoms with E-state index in [4.69, 9.17) is 35.5 Å². The zero-order valence-electron chi connectivity index (χ0n) is 25.6. The molecule has 2 aliphatic rings. The number of allylic oxidation sites excluding steroid dienone is 1. The van der Waals surface area contributed by atoms with Gasteiger partial charge in [-0.05, 0) is 83.1 Å². The van der Waals surface area contributed by atoms with Gasteiger partial charge in [0.05, 0.1) is 37.6 Å². The van der Waals surface area contributed by atoms with Gasteiger partial charge >= 0.3 is 0 Å². The Bertz CT molecular complexity index is 2170. The molecular weight excluding hydrogens is 620 g/mol. The van der Waals surface area contributed by atoms with Crippen LogP contribution < -0.4 is 33.8 Å². The maximum Gasteiger partial charge on any atom is 0.271 e. The molecule has 1 aliphatic heterocycles. The van der Waals surface area contributed by atoms with Crippen LogP contribution in [0.2, 0.25) is 5.02 Å². The van der Waals surface area contributed by atoms with E-state index in [-0.39, 0.29) is 11.6 Å². The van der Waals surface area contributed by atoms with Crippen LogP contribution in [0.4, 0.5) is 0 Å². The van der Waals surface area contributed by atoms with Crippen molar-refractivity contribution in [3.63, 3.8) is 0 Å². The van der Waals surface area contributed by atoms with E-state index in [0.29, 0.717) is 44.0 Å². The minimum Gasteiger partial charge on any atom is -0.493 e. The van der Waals surface area contributed by atoms with E-state index in [1.807, 2.05) is 77.4 Å². The highest BCUT2D eigenvalue weighted by Gasteiger charge is 2.33. The van der Waals surface area contributed by atoms with Crippen molar-refractivity contribution in [3.8, 4) is 23.0 Å². The van der Waals surface area contributed by atoms with Gasteiger partial charge in [0.1, 0.15) is 6.61 Å². The zero-order chi connectivity index (χ0) is 31.8. The molecule has 0 N–H and O–H groups in total. The quantitative estimate of drug-likeness (QED) is 0.190. The highest BCUT2D eigenvalue weighted by Crippen LogP contribution is 2.43. The van der Waals surface area contributed by atoms with Crippen LogP contribution in [0.3, 0.4) is 0 Å². The Labute approximate surface area is 275 Å². The Balaban J connectivity index is 1.32. The molecule has 0 saturated carbocycles. The molecule has 1 aromatic heterocycles. The fourth-order valence-corrected chi connectivity index (χ4v) is 7.26. The molecule has 1 aliphatic carbocycles. The molecule has 0 spiro atoms. The summed E-state index contributed by atoms with van der Waals surface area (Å²) in [6.45, 7) is 0.370. The van der Waals surface area contributed by atoms with Crippen LogP contribution in [-0.2, 0) is 13.0 Å². The fraction of sp³-hybridized carbons (Fsp3) is 0.189. The van der Waals surface area contributed by atoms with Crippen LogP contribution in [0.1, 0.15) is 40.3 Å². The van der Waals surface area contributed by atoms with E-state index >= 15 is 0 Å². The van der Waals surface area contributed by atoms with E-state index in [1.165, 1.54) is 16.9 Å². The van der Waals surface area contributed by atoms with Gasteiger partial charge in [-0.2, -0.15) is 0 Å². The number of benzene rings is 4. The number of methoxy groups -OCH3 is 3. The van der Waals surface area contributed by atoms with Crippen LogP contribution in [0.5, 0.6) is 23.0 Å². The minimum absolute atomic E-state index is 0.101. The smallest absolute Gasteiger partial charge is 0.271 e. The number of halogens is 1. The Hall–Kier alpha value is -4.79. The predicted molar refractivity (Wildman–Crippen MR) is 181 cm³/mol. The van der Waals surface area contributed by atoms with Crippen molar-refractivity contribution in [1.82, 2.24) is 4.57 Å². The first kappa shape index (κ1) is 29.9. The summed E-state index contributed by atoms with van der Waals surface area (Å²) < 4.78 is 25.3. The van der Waals surface area contributed by atoms with Gasteiger partial charge in [0.15, 0.2) is 27.8 Å². The highest BCUT2D eigenvalue weighted by atomic mass is 35.5. The molecule has 0 saturated heterocycles. The number of hydrogen-bond acceptors (Lipinski definition) is 7. The van der Waals surface area contributed by atoms with Crippen molar-refractivity contribution in [2.45, 2.75) is 25.5 Å². The maximum absolute atomic E-state index is 14.2. The number of rotatable bonds is 8. The van der Waals surface area contributed by atoms with E-state index < -0.39 is 0 Å². The molecule has 0 amide bonds. The Morgan fingerprint density at radius 3 is 2.39 bits per heavy atom. The average Bonchev–Trinajstić information content (AvgIpc) is 3.40. The van der Waals surface area contributed by atoms with Crippen molar-refractivity contribution >= 4 is 34.7 Å². The SMILES string of the molecule is COc1ccc([C@H]2C3=C(N=c4s/c(=C\c5ccc(OCc6ccc(Cl)cc6)c(OC)c5)c(=O)n42)c2ccccc2CC3)cc1OC. The van der Waals surface area contributed by atoms with E-state index in [1.54, 1.807) is 21.3 Å². The Kier molecular flexibility index (Phi) is 8.15. The lowest BCUT2D eigenvalue weighted by atomic mass is 9.83. The van der Waals surface area contributed by atoms with Gasteiger partial charge in [-0.25, -0.2) is 4.99 Å². The van der Waals surface area contributed by atoms with Crippen LogP contribution >= 0.6 is 22.9 Å². The molecular formula is C37H31ClN2O5S. The van der Waals surface area contributed by atoms with Gasteiger partial charge < -0.3 is 18.9 Å². The Morgan fingerprint density at radius 1 is 0.870 bits per heavy atom. The van der Waals surface area contributed by atoms with Gasteiger partial charge in [0.25, 0.3) is 5.56 Å². The standard InChI is InChI=1S/C37H31ClN2O5S/c1-42-29-17-12-25(20-32(29)44-3)35-28-15-11-24-6-4-5-7-27(24)34(28)39-37-40(35)36(41)33(46-37)19-23-10-16-30(31(18-23)43-2)45-21-22-8-13-26(38)14-9-22/h4-10,12-14,16-20,35H,11,15,21H2,1-3H3/b33-19-/t35-/m0/s1. The van der Waals surface area contributed by atoms with Crippen LogP contribution in [0.25, 0.3) is 11.8 Å². The summed E-state index contributed by atoms with van der Waals surface area (Å²) in [6.07, 6.45) is 3.57. The van der Waals surface area contributed by atoms with Crippen LogP contribution in [0, 0.1) is 0 Å². The molecule has 232 valence electrons. The molecule has 0 radical (unpaired) electrons. The van der Waals surface area contributed by atoms with Gasteiger partial charge in [-0.3, -0.25) is 9.36 Å². The topological polar surface area (TPSA) is 71.3 Å². The number of thiazole rings is 1. The monoisotopic (exact) mass is 650 g/mol. The molecule has 46 heavy (non-hydrogen) atoms. The van der Waals surface area contributed by atoms with E-state index in [0.717, 1.165) is 46.4 Å². The number of fused-ring (bicyclic) bond motifs is 3. The molecule has 2 heterocycles. The van der Waals surface area contributed by atoms with Gasteiger partial charge in [0, 0.05) is 10.6 Å². The summed E-state index contributed by atoms with van der Waals surface area (Å²) in [5.41, 5.74) is 7.09. The van der Waals surface area contributed by atoms with Crippen molar-refractivity contribution in [1.29, 1.82) is 0 Å². The van der Waals surface area contributed by atoms with Crippen molar-refractivity contribution < 1.29 is 18.9 Å². The molecule has 0 bridgehead atoms. The number of aryl methyl sites for hydroxylation is 1. The molecule has 1 atom stereocenters. The summed E-state index contributed by atoms with van der Waals surface area (Å²) >= 11 is 7.40. The number of aromatic nitrogens is 1. The van der Waals surface area contributed by atoms with Gasteiger partial charge in [-0.15, -0.1) is 0 Å². The summed E-state index contributed by atoms with van der Waals surface area (Å²) in [4.78, 5) is 20.0. The Morgan fingerprint density at radius 2 is 1.61 bits per heavy atom. The summed E-state index contributed by atoms with van der Waals surface area (Å²) in [7, 11) is 4.84. The molecule has 5 aromatic rings. The lowest BCUT2D eigenvalue weighted by Gasteiger charge is -2.31.